The second kappa shape index (κ2) is 4.63. The molecule has 1 aromatic carbocycles. The Morgan fingerprint density at radius 1 is 1.22 bits per heavy atom. The maximum atomic E-state index is 5.87. The van der Waals surface area contributed by atoms with Crippen LogP contribution in [-0.4, -0.2) is 30.9 Å². The van der Waals surface area contributed by atoms with Gasteiger partial charge in [0.1, 0.15) is 12.2 Å². The lowest BCUT2D eigenvalue weighted by Crippen LogP contribution is -2.32. The molecule has 0 radical (unpaired) electrons. The minimum Gasteiger partial charge on any atom is -0.368 e. The van der Waals surface area contributed by atoms with Gasteiger partial charge < -0.3 is 18.9 Å². The van der Waals surface area contributed by atoms with Crippen molar-refractivity contribution < 1.29 is 18.9 Å². The van der Waals surface area contributed by atoms with E-state index in [0.29, 0.717) is 13.2 Å². The highest BCUT2D eigenvalue weighted by atomic mass is 16.8. The average molecular weight is 250 g/mol. The molecule has 2 fully saturated rings. The minimum atomic E-state index is -0.579. The van der Waals surface area contributed by atoms with Gasteiger partial charge >= 0.3 is 0 Å². The summed E-state index contributed by atoms with van der Waals surface area (Å²) < 4.78 is 22.8. The third kappa shape index (κ3) is 2.42. The first-order valence-electron chi connectivity index (χ1n) is 6.27. The van der Waals surface area contributed by atoms with E-state index < -0.39 is 5.79 Å². The van der Waals surface area contributed by atoms with Gasteiger partial charge in [-0.25, -0.2) is 0 Å². The fourth-order valence-electron chi connectivity index (χ4n) is 2.34. The molecule has 0 amide bonds. The van der Waals surface area contributed by atoms with Crippen molar-refractivity contribution in [2.45, 2.75) is 44.7 Å². The smallest absolute Gasteiger partial charge is 0.189 e. The molecule has 3 atom stereocenters. The van der Waals surface area contributed by atoms with Crippen molar-refractivity contribution >= 4 is 0 Å². The van der Waals surface area contributed by atoms with Gasteiger partial charge in [0.25, 0.3) is 0 Å². The minimum absolute atomic E-state index is 0.0584. The molecule has 2 aliphatic rings. The van der Waals surface area contributed by atoms with E-state index in [1.165, 1.54) is 0 Å². The van der Waals surface area contributed by atoms with Gasteiger partial charge in [0.15, 0.2) is 12.1 Å². The zero-order valence-electron chi connectivity index (χ0n) is 10.7. The second-order valence-corrected chi connectivity index (χ2v) is 5.14. The molecule has 0 bridgehead atoms. The van der Waals surface area contributed by atoms with E-state index in [1.807, 2.05) is 44.2 Å². The van der Waals surface area contributed by atoms with Crippen LogP contribution in [0.3, 0.4) is 0 Å². The number of rotatable bonds is 3. The Kier molecular flexibility index (Phi) is 3.11. The summed E-state index contributed by atoms with van der Waals surface area (Å²) in [5, 5.41) is 0. The van der Waals surface area contributed by atoms with Crippen molar-refractivity contribution in [2.75, 3.05) is 6.61 Å². The Labute approximate surface area is 107 Å². The average Bonchev–Trinajstić information content (AvgIpc) is 2.83. The van der Waals surface area contributed by atoms with Crippen LogP contribution in [0.15, 0.2) is 30.3 Å². The summed E-state index contributed by atoms with van der Waals surface area (Å²) >= 11 is 0. The molecule has 0 aromatic heterocycles. The fourth-order valence-corrected chi connectivity index (χ4v) is 2.34. The van der Waals surface area contributed by atoms with Crippen LogP contribution in [0.2, 0.25) is 0 Å². The fraction of sp³-hybridized carbons (Fsp3) is 0.571. The van der Waals surface area contributed by atoms with E-state index in [0.717, 1.165) is 5.56 Å². The molecule has 0 spiro atoms. The summed E-state index contributed by atoms with van der Waals surface area (Å²) in [5.41, 5.74) is 1.15. The van der Waals surface area contributed by atoms with Crippen molar-refractivity contribution in [1.82, 2.24) is 0 Å². The number of hydrogen-bond acceptors (Lipinski definition) is 4. The number of hydrogen-bond donors (Lipinski definition) is 0. The first-order valence-corrected chi connectivity index (χ1v) is 6.27. The molecule has 1 aromatic rings. The lowest BCUT2D eigenvalue weighted by atomic mass is 10.2. The number of benzene rings is 1. The molecule has 2 aliphatic heterocycles. The summed E-state index contributed by atoms with van der Waals surface area (Å²) in [7, 11) is 0. The third-order valence-electron chi connectivity index (χ3n) is 3.19. The lowest BCUT2D eigenvalue weighted by Gasteiger charge is -2.21. The predicted octanol–water partition coefficient (Wildman–Crippen LogP) is 2.08. The van der Waals surface area contributed by atoms with Crippen LogP contribution < -0.4 is 0 Å². The SMILES string of the molecule is CC1(C)OC2OC[C@H](OCc3ccccc3)C2O1. The lowest BCUT2D eigenvalue weighted by molar-refractivity contribution is -0.203. The standard InChI is InChI=1S/C14H18O4/c1-14(2)17-12-11(9-16-13(12)18-14)15-8-10-6-4-3-5-7-10/h3-7,11-13H,8-9H2,1-2H3/t11-,12?,13?/m0/s1. The Morgan fingerprint density at radius 2 is 2.00 bits per heavy atom. The molecular formula is C14H18O4. The predicted molar refractivity (Wildman–Crippen MR) is 64.8 cm³/mol. The van der Waals surface area contributed by atoms with Crippen LogP contribution in [-0.2, 0) is 25.6 Å². The highest BCUT2D eigenvalue weighted by molar-refractivity contribution is 5.13. The molecule has 4 nitrogen and oxygen atoms in total. The number of fused-ring (bicyclic) bond motifs is 1. The second-order valence-electron chi connectivity index (χ2n) is 5.14. The first kappa shape index (κ1) is 12.1. The van der Waals surface area contributed by atoms with Crippen LogP contribution in [0.1, 0.15) is 19.4 Å². The Morgan fingerprint density at radius 3 is 2.78 bits per heavy atom. The van der Waals surface area contributed by atoms with Crippen molar-refractivity contribution in [3.63, 3.8) is 0 Å². The van der Waals surface area contributed by atoms with E-state index in [4.69, 9.17) is 18.9 Å². The normalized spacial score (nSPS) is 33.6. The van der Waals surface area contributed by atoms with E-state index in [9.17, 15) is 0 Å². The zero-order valence-corrected chi connectivity index (χ0v) is 10.7. The maximum absolute atomic E-state index is 5.87. The van der Waals surface area contributed by atoms with Crippen molar-refractivity contribution in [3.8, 4) is 0 Å². The molecule has 2 saturated heterocycles. The quantitative estimate of drug-likeness (QED) is 0.823. The molecule has 2 unspecified atom stereocenters. The third-order valence-corrected chi connectivity index (χ3v) is 3.19. The van der Waals surface area contributed by atoms with Crippen LogP contribution in [0, 0.1) is 0 Å². The molecule has 3 rings (SSSR count). The van der Waals surface area contributed by atoms with Gasteiger partial charge in [-0.1, -0.05) is 30.3 Å². The van der Waals surface area contributed by atoms with Crippen molar-refractivity contribution in [2.24, 2.45) is 0 Å². The topological polar surface area (TPSA) is 36.9 Å². The van der Waals surface area contributed by atoms with Gasteiger partial charge in [-0.2, -0.15) is 0 Å². The maximum Gasteiger partial charge on any atom is 0.189 e. The van der Waals surface area contributed by atoms with Gasteiger partial charge in [0.05, 0.1) is 13.2 Å². The van der Waals surface area contributed by atoms with E-state index >= 15 is 0 Å². The Balaban J connectivity index is 1.58. The van der Waals surface area contributed by atoms with Crippen LogP contribution in [0.4, 0.5) is 0 Å². The largest absolute Gasteiger partial charge is 0.368 e. The van der Waals surface area contributed by atoms with E-state index in [1.54, 1.807) is 0 Å². The van der Waals surface area contributed by atoms with Crippen LogP contribution in [0.25, 0.3) is 0 Å². The van der Waals surface area contributed by atoms with Gasteiger partial charge in [0.2, 0.25) is 0 Å². The highest BCUT2D eigenvalue weighted by Gasteiger charge is 2.50. The van der Waals surface area contributed by atoms with E-state index in [2.05, 4.69) is 0 Å². The molecule has 0 N–H and O–H groups in total. The van der Waals surface area contributed by atoms with E-state index in [-0.39, 0.29) is 18.5 Å². The molecule has 2 heterocycles. The van der Waals surface area contributed by atoms with Crippen molar-refractivity contribution in [1.29, 1.82) is 0 Å². The van der Waals surface area contributed by atoms with Gasteiger partial charge in [-0.05, 0) is 19.4 Å². The summed E-state index contributed by atoms with van der Waals surface area (Å²) in [5.74, 6) is -0.579. The Hall–Kier alpha value is -0.940. The molecule has 0 aliphatic carbocycles. The van der Waals surface area contributed by atoms with Gasteiger partial charge in [-0.3, -0.25) is 0 Å². The summed E-state index contributed by atoms with van der Waals surface area (Å²) in [6.07, 6.45) is -0.471. The molecule has 4 heteroatoms. The zero-order chi connectivity index (χ0) is 12.6. The molecule has 0 saturated carbocycles. The van der Waals surface area contributed by atoms with Gasteiger partial charge in [0, 0.05) is 0 Å². The van der Waals surface area contributed by atoms with Crippen LogP contribution >= 0.6 is 0 Å². The molecule has 98 valence electrons. The highest BCUT2D eigenvalue weighted by Crippen LogP contribution is 2.35. The number of ether oxygens (including phenoxy) is 4. The Bertz CT molecular complexity index is 404. The molecular weight excluding hydrogens is 232 g/mol. The van der Waals surface area contributed by atoms with Crippen molar-refractivity contribution in [3.05, 3.63) is 35.9 Å². The summed E-state index contributed by atoms with van der Waals surface area (Å²) in [4.78, 5) is 0. The molecule has 18 heavy (non-hydrogen) atoms. The summed E-state index contributed by atoms with van der Waals surface area (Å²) in [6, 6.07) is 10.1. The summed E-state index contributed by atoms with van der Waals surface area (Å²) in [6.45, 7) is 4.88. The van der Waals surface area contributed by atoms with Crippen LogP contribution in [0.5, 0.6) is 0 Å². The monoisotopic (exact) mass is 250 g/mol. The van der Waals surface area contributed by atoms with Gasteiger partial charge in [-0.15, -0.1) is 0 Å². The first-order chi connectivity index (χ1) is 8.64.